The second kappa shape index (κ2) is 8.85. The van der Waals surface area contributed by atoms with Gasteiger partial charge >= 0.3 is 0 Å². The van der Waals surface area contributed by atoms with Crippen LogP contribution in [0.5, 0.6) is 11.5 Å². The number of ether oxygens (including phenoxy) is 2. The van der Waals surface area contributed by atoms with E-state index >= 15 is 0 Å². The summed E-state index contributed by atoms with van der Waals surface area (Å²) >= 11 is 1.34. The third-order valence-electron chi connectivity index (χ3n) is 4.26. The van der Waals surface area contributed by atoms with Crippen molar-refractivity contribution in [3.63, 3.8) is 0 Å². The Morgan fingerprint density at radius 2 is 2.00 bits per heavy atom. The normalized spacial score (nSPS) is 13.1. The lowest BCUT2D eigenvalue weighted by Crippen LogP contribution is -2.27. The maximum atomic E-state index is 12.1. The van der Waals surface area contributed by atoms with Gasteiger partial charge in [-0.1, -0.05) is 6.07 Å². The summed E-state index contributed by atoms with van der Waals surface area (Å²) in [5.41, 5.74) is 1.71. The van der Waals surface area contributed by atoms with Crippen LogP contribution >= 0.6 is 11.3 Å². The van der Waals surface area contributed by atoms with Gasteiger partial charge in [0.25, 0.3) is 0 Å². The second-order valence-corrected chi connectivity index (χ2v) is 7.23. The Morgan fingerprint density at radius 1 is 1.22 bits per heavy atom. The molecule has 1 aromatic carbocycles. The molecule has 0 radical (unpaired) electrons. The molecule has 27 heavy (non-hydrogen) atoms. The van der Waals surface area contributed by atoms with Crippen LogP contribution in [0.1, 0.15) is 24.1 Å². The van der Waals surface area contributed by atoms with Crippen LogP contribution in [0, 0.1) is 5.92 Å². The lowest BCUT2D eigenvalue weighted by molar-refractivity contribution is -0.120. The number of thiazole rings is 1. The molecule has 0 spiro atoms. The van der Waals surface area contributed by atoms with Gasteiger partial charge in [0.15, 0.2) is 16.6 Å². The third kappa shape index (κ3) is 5.43. The number of aromatic nitrogens is 1. The van der Waals surface area contributed by atoms with Gasteiger partial charge in [-0.2, -0.15) is 0 Å². The molecule has 8 heteroatoms. The standard InChI is InChI=1S/C19H23N3O4S/c1-25-15-6-3-12(9-16(15)26-2)7-8-20-17(23)10-14-11-27-19(21-14)22-18(24)13-4-5-13/h3,6,9,11,13H,4-5,7-8,10H2,1-2H3,(H,20,23)(H,21,22,24). The smallest absolute Gasteiger partial charge is 0.229 e. The van der Waals surface area contributed by atoms with Gasteiger partial charge in [-0.05, 0) is 37.0 Å². The Balaban J connectivity index is 1.43. The number of amides is 2. The number of hydrogen-bond donors (Lipinski definition) is 2. The molecule has 0 atom stereocenters. The van der Waals surface area contributed by atoms with Crippen molar-refractivity contribution >= 4 is 28.3 Å². The number of nitrogens with zero attached hydrogens (tertiary/aromatic N) is 1. The largest absolute Gasteiger partial charge is 0.493 e. The monoisotopic (exact) mass is 389 g/mol. The van der Waals surface area contributed by atoms with E-state index in [4.69, 9.17) is 9.47 Å². The molecule has 144 valence electrons. The molecular formula is C19H23N3O4S. The molecule has 1 fully saturated rings. The number of anilines is 1. The number of hydrogen-bond acceptors (Lipinski definition) is 6. The first-order chi connectivity index (χ1) is 13.1. The third-order valence-corrected chi connectivity index (χ3v) is 5.06. The maximum Gasteiger partial charge on any atom is 0.229 e. The Bertz CT molecular complexity index is 817. The molecule has 1 aliphatic rings. The minimum absolute atomic E-state index is 0.0234. The van der Waals surface area contributed by atoms with Crippen LogP contribution in [0.3, 0.4) is 0 Å². The summed E-state index contributed by atoms with van der Waals surface area (Å²) in [7, 11) is 3.19. The number of rotatable bonds is 9. The highest BCUT2D eigenvalue weighted by atomic mass is 32.1. The zero-order valence-electron chi connectivity index (χ0n) is 15.4. The van der Waals surface area contributed by atoms with Crippen LogP contribution in [-0.4, -0.2) is 37.6 Å². The molecule has 3 rings (SSSR count). The fraction of sp³-hybridized carbons (Fsp3) is 0.421. The number of nitrogens with one attached hydrogen (secondary N) is 2. The first-order valence-corrected chi connectivity index (χ1v) is 9.70. The van der Waals surface area contributed by atoms with E-state index < -0.39 is 0 Å². The predicted molar refractivity (Wildman–Crippen MR) is 103 cm³/mol. The van der Waals surface area contributed by atoms with Gasteiger partial charge < -0.3 is 20.1 Å². The van der Waals surface area contributed by atoms with Gasteiger partial charge in [-0.15, -0.1) is 11.3 Å². The number of methoxy groups -OCH3 is 2. The summed E-state index contributed by atoms with van der Waals surface area (Å²) in [5.74, 6) is 1.41. The Labute approximate surface area is 162 Å². The van der Waals surface area contributed by atoms with Gasteiger partial charge in [-0.25, -0.2) is 4.98 Å². The van der Waals surface area contributed by atoms with Gasteiger partial charge in [0.05, 0.1) is 26.3 Å². The van der Waals surface area contributed by atoms with E-state index in [1.54, 1.807) is 19.6 Å². The van der Waals surface area contributed by atoms with E-state index in [9.17, 15) is 9.59 Å². The Morgan fingerprint density at radius 3 is 2.70 bits per heavy atom. The fourth-order valence-electron chi connectivity index (χ4n) is 2.61. The maximum absolute atomic E-state index is 12.1. The predicted octanol–water partition coefficient (Wildman–Crippen LogP) is 2.41. The van der Waals surface area contributed by atoms with Crippen LogP contribution < -0.4 is 20.1 Å². The molecule has 2 amide bonds. The lowest BCUT2D eigenvalue weighted by Gasteiger charge is -2.10. The van der Waals surface area contributed by atoms with Crippen LogP contribution in [0.2, 0.25) is 0 Å². The first-order valence-electron chi connectivity index (χ1n) is 8.82. The average Bonchev–Trinajstić information content (AvgIpc) is 3.43. The van der Waals surface area contributed by atoms with Gasteiger partial charge in [0, 0.05) is 17.8 Å². The van der Waals surface area contributed by atoms with E-state index in [-0.39, 0.29) is 24.2 Å². The topological polar surface area (TPSA) is 89.6 Å². The fourth-order valence-corrected chi connectivity index (χ4v) is 3.32. The molecule has 1 aromatic heterocycles. The van der Waals surface area contributed by atoms with E-state index in [1.165, 1.54) is 11.3 Å². The highest BCUT2D eigenvalue weighted by Crippen LogP contribution is 2.30. The minimum atomic E-state index is -0.0964. The lowest BCUT2D eigenvalue weighted by atomic mass is 10.1. The molecule has 2 aromatic rings. The number of benzene rings is 1. The second-order valence-electron chi connectivity index (χ2n) is 6.37. The van der Waals surface area contributed by atoms with Crippen molar-refractivity contribution in [1.29, 1.82) is 0 Å². The first kappa shape index (κ1) is 19.2. The summed E-state index contributed by atoms with van der Waals surface area (Å²) in [5, 5.41) is 8.04. The number of carbonyl (C=O) groups excluding carboxylic acids is 2. The molecule has 7 nitrogen and oxygen atoms in total. The van der Waals surface area contributed by atoms with E-state index in [1.807, 2.05) is 18.2 Å². The minimum Gasteiger partial charge on any atom is -0.493 e. The van der Waals surface area contributed by atoms with Crippen molar-refractivity contribution in [3.05, 3.63) is 34.8 Å². The van der Waals surface area contributed by atoms with E-state index in [0.717, 1.165) is 18.4 Å². The van der Waals surface area contributed by atoms with Crippen LogP contribution in [0.4, 0.5) is 5.13 Å². The molecule has 1 saturated carbocycles. The highest BCUT2D eigenvalue weighted by molar-refractivity contribution is 7.13. The molecule has 0 saturated heterocycles. The van der Waals surface area contributed by atoms with Crippen molar-refractivity contribution in [3.8, 4) is 11.5 Å². The summed E-state index contributed by atoms with van der Waals surface area (Å²) in [6.07, 6.45) is 2.78. The van der Waals surface area contributed by atoms with E-state index in [2.05, 4.69) is 15.6 Å². The van der Waals surface area contributed by atoms with Gasteiger partial charge in [-0.3, -0.25) is 9.59 Å². The Kier molecular flexibility index (Phi) is 6.28. The van der Waals surface area contributed by atoms with Crippen LogP contribution in [0.25, 0.3) is 0 Å². The van der Waals surface area contributed by atoms with Crippen LogP contribution in [0.15, 0.2) is 23.6 Å². The van der Waals surface area contributed by atoms with Crippen molar-refractivity contribution < 1.29 is 19.1 Å². The highest BCUT2D eigenvalue weighted by Gasteiger charge is 2.30. The van der Waals surface area contributed by atoms with Gasteiger partial charge in [0.1, 0.15) is 0 Å². The number of carbonyl (C=O) groups is 2. The van der Waals surface area contributed by atoms with Gasteiger partial charge in [0.2, 0.25) is 11.8 Å². The van der Waals surface area contributed by atoms with Crippen molar-refractivity contribution in [2.24, 2.45) is 5.92 Å². The molecule has 1 aliphatic carbocycles. The SMILES string of the molecule is COc1ccc(CCNC(=O)Cc2csc(NC(=O)C3CC3)n2)cc1OC. The summed E-state index contributed by atoms with van der Waals surface area (Å²) in [6.45, 7) is 0.518. The molecular weight excluding hydrogens is 366 g/mol. The van der Waals surface area contributed by atoms with Crippen molar-refractivity contribution in [2.45, 2.75) is 25.7 Å². The molecule has 1 heterocycles. The van der Waals surface area contributed by atoms with Crippen molar-refractivity contribution in [2.75, 3.05) is 26.1 Å². The average molecular weight is 389 g/mol. The summed E-state index contributed by atoms with van der Waals surface area (Å²) in [6, 6.07) is 5.70. The quantitative estimate of drug-likeness (QED) is 0.687. The molecule has 0 unspecified atom stereocenters. The molecule has 0 bridgehead atoms. The van der Waals surface area contributed by atoms with Crippen LogP contribution in [-0.2, 0) is 22.4 Å². The molecule has 0 aliphatic heterocycles. The summed E-state index contributed by atoms with van der Waals surface area (Å²) in [4.78, 5) is 28.1. The van der Waals surface area contributed by atoms with E-state index in [0.29, 0.717) is 35.3 Å². The zero-order valence-corrected chi connectivity index (χ0v) is 16.2. The zero-order chi connectivity index (χ0) is 19.2. The Hall–Kier alpha value is -2.61. The van der Waals surface area contributed by atoms with Crippen molar-refractivity contribution in [1.82, 2.24) is 10.3 Å². The molecule has 2 N–H and O–H groups in total. The summed E-state index contributed by atoms with van der Waals surface area (Å²) < 4.78 is 10.5.